The first kappa shape index (κ1) is 14.7. The topological polar surface area (TPSA) is 105 Å². The number of nitrogens with two attached hydrogens (primary N) is 2. The molecule has 1 aromatic rings. The van der Waals surface area contributed by atoms with E-state index < -0.39 is 29.6 Å². The molecule has 18 heavy (non-hydrogen) atoms. The van der Waals surface area contributed by atoms with Crippen LogP contribution >= 0.6 is 0 Å². The standard InChI is InChI=1S/C10H14F3N3O2/c11-10(12,13)9-5(1-2-7(15)16-9)8(18)6(17)3-4-14/h1-2,6,8,17-18H,3-4,14H2,(H2,15,16). The van der Waals surface area contributed by atoms with Crippen LogP contribution in [0.1, 0.15) is 23.8 Å². The highest BCUT2D eigenvalue weighted by Gasteiger charge is 2.38. The number of aliphatic hydroxyl groups excluding tert-OH is 2. The molecule has 0 bridgehead atoms. The minimum atomic E-state index is -4.76. The zero-order chi connectivity index (χ0) is 13.9. The summed E-state index contributed by atoms with van der Waals surface area (Å²) in [5.41, 5.74) is 8.53. The van der Waals surface area contributed by atoms with Crippen LogP contribution in [0.4, 0.5) is 19.0 Å². The normalized spacial score (nSPS) is 15.4. The number of hydrogen-bond donors (Lipinski definition) is 4. The SMILES string of the molecule is NCCC(O)C(O)c1ccc(N)nc1C(F)(F)F. The maximum atomic E-state index is 12.7. The van der Waals surface area contributed by atoms with Gasteiger partial charge in [0.15, 0.2) is 5.69 Å². The molecule has 0 saturated heterocycles. The summed E-state index contributed by atoms with van der Waals surface area (Å²) in [7, 11) is 0. The Morgan fingerprint density at radius 3 is 2.39 bits per heavy atom. The summed E-state index contributed by atoms with van der Waals surface area (Å²) in [6.07, 6.45) is -7.88. The van der Waals surface area contributed by atoms with Crippen LogP contribution in [-0.4, -0.2) is 27.8 Å². The van der Waals surface area contributed by atoms with E-state index in [1.165, 1.54) is 0 Å². The van der Waals surface area contributed by atoms with E-state index >= 15 is 0 Å². The van der Waals surface area contributed by atoms with Gasteiger partial charge in [-0.25, -0.2) is 4.98 Å². The predicted molar refractivity (Wildman–Crippen MR) is 58.3 cm³/mol. The molecule has 1 rings (SSSR count). The average Bonchev–Trinajstić information content (AvgIpc) is 2.27. The second-order valence-corrected chi connectivity index (χ2v) is 3.76. The number of rotatable bonds is 4. The van der Waals surface area contributed by atoms with Gasteiger partial charge in [0.1, 0.15) is 11.9 Å². The van der Waals surface area contributed by atoms with Gasteiger partial charge >= 0.3 is 6.18 Å². The van der Waals surface area contributed by atoms with E-state index in [1.54, 1.807) is 0 Å². The maximum absolute atomic E-state index is 12.7. The number of halogens is 3. The number of nitrogen functional groups attached to an aromatic ring is 1. The largest absolute Gasteiger partial charge is 0.433 e. The number of aliphatic hydroxyl groups is 2. The van der Waals surface area contributed by atoms with E-state index in [9.17, 15) is 23.4 Å². The van der Waals surface area contributed by atoms with Crippen molar-refractivity contribution in [3.05, 3.63) is 23.4 Å². The first-order chi connectivity index (χ1) is 8.27. The Morgan fingerprint density at radius 2 is 1.89 bits per heavy atom. The van der Waals surface area contributed by atoms with Gasteiger partial charge in [-0.3, -0.25) is 0 Å². The van der Waals surface area contributed by atoms with Gasteiger partial charge in [0, 0.05) is 5.56 Å². The summed E-state index contributed by atoms with van der Waals surface area (Å²) in [5.74, 6) is -0.313. The molecule has 6 N–H and O–H groups in total. The van der Waals surface area contributed by atoms with E-state index in [-0.39, 0.29) is 18.8 Å². The molecule has 0 aliphatic rings. The molecule has 0 aromatic carbocycles. The molecule has 0 spiro atoms. The highest BCUT2D eigenvalue weighted by Crippen LogP contribution is 2.34. The third-order valence-electron chi connectivity index (χ3n) is 2.36. The van der Waals surface area contributed by atoms with Crippen molar-refractivity contribution < 1.29 is 23.4 Å². The van der Waals surface area contributed by atoms with Gasteiger partial charge in [-0.2, -0.15) is 13.2 Å². The Kier molecular flexibility index (Phi) is 4.49. The van der Waals surface area contributed by atoms with Gasteiger partial charge in [-0.1, -0.05) is 6.07 Å². The Morgan fingerprint density at radius 1 is 1.28 bits per heavy atom. The van der Waals surface area contributed by atoms with Crippen molar-refractivity contribution >= 4 is 5.82 Å². The van der Waals surface area contributed by atoms with Crippen LogP contribution in [0.5, 0.6) is 0 Å². The lowest BCUT2D eigenvalue weighted by Gasteiger charge is -2.21. The molecular weight excluding hydrogens is 251 g/mol. The molecule has 2 unspecified atom stereocenters. The van der Waals surface area contributed by atoms with Crippen LogP contribution in [0.25, 0.3) is 0 Å². The molecule has 102 valence electrons. The fourth-order valence-corrected chi connectivity index (χ4v) is 1.49. The van der Waals surface area contributed by atoms with E-state index in [2.05, 4.69) is 4.98 Å². The molecule has 2 atom stereocenters. The average molecular weight is 265 g/mol. The zero-order valence-electron chi connectivity index (χ0n) is 9.35. The van der Waals surface area contributed by atoms with Crippen LogP contribution in [0, 0.1) is 0 Å². The smallest absolute Gasteiger partial charge is 0.390 e. The molecule has 0 amide bonds. The molecule has 5 nitrogen and oxygen atoms in total. The molecule has 1 heterocycles. The van der Waals surface area contributed by atoms with E-state index in [4.69, 9.17) is 11.5 Å². The van der Waals surface area contributed by atoms with Crippen LogP contribution in [0.2, 0.25) is 0 Å². The lowest BCUT2D eigenvalue weighted by molar-refractivity contribution is -0.143. The summed E-state index contributed by atoms with van der Waals surface area (Å²) in [4.78, 5) is 3.16. The summed E-state index contributed by atoms with van der Waals surface area (Å²) >= 11 is 0. The monoisotopic (exact) mass is 265 g/mol. The van der Waals surface area contributed by atoms with Crippen molar-refractivity contribution in [3.63, 3.8) is 0 Å². The van der Waals surface area contributed by atoms with Crippen LogP contribution in [-0.2, 0) is 6.18 Å². The Balaban J connectivity index is 3.15. The third kappa shape index (κ3) is 3.31. The first-order valence-corrected chi connectivity index (χ1v) is 5.17. The van der Waals surface area contributed by atoms with Crippen molar-refractivity contribution in [2.75, 3.05) is 12.3 Å². The van der Waals surface area contributed by atoms with Crippen molar-refractivity contribution in [1.29, 1.82) is 0 Å². The van der Waals surface area contributed by atoms with Gasteiger partial charge in [0.05, 0.1) is 6.10 Å². The van der Waals surface area contributed by atoms with Crippen molar-refractivity contribution in [2.24, 2.45) is 5.73 Å². The predicted octanol–water partition coefficient (Wildman–Crippen LogP) is 0.426. The molecule has 0 fully saturated rings. The fraction of sp³-hybridized carbons (Fsp3) is 0.500. The second kappa shape index (κ2) is 5.51. The maximum Gasteiger partial charge on any atom is 0.433 e. The quantitative estimate of drug-likeness (QED) is 0.631. The minimum absolute atomic E-state index is 0.0250. The van der Waals surface area contributed by atoms with Crippen LogP contribution in [0.3, 0.4) is 0 Å². The van der Waals surface area contributed by atoms with Crippen LogP contribution < -0.4 is 11.5 Å². The van der Waals surface area contributed by atoms with Gasteiger partial charge in [-0.15, -0.1) is 0 Å². The summed E-state index contributed by atoms with van der Waals surface area (Å²) in [6.45, 7) is 0.0436. The number of pyridine rings is 1. The van der Waals surface area contributed by atoms with Gasteiger partial charge in [0.25, 0.3) is 0 Å². The second-order valence-electron chi connectivity index (χ2n) is 3.76. The fourth-order valence-electron chi connectivity index (χ4n) is 1.49. The molecule has 0 radical (unpaired) electrons. The first-order valence-electron chi connectivity index (χ1n) is 5.17. The number of nitrogens with zero attached hydrogens (tertiary/aromatic N) is 1. The molecule has 0 saturated carbocycles. The Bertz CT molecular complexity index is 412. The number of anilines is 1. The molecule has 0 aliphatic heterocycles. The van der Waals surface area contributed by atoms with E-state index in [0.717, 1.165) is 12.1 Å². The van der Waals surface area contributed by atoms with Gasteiger partial charge < -0.3 is 21.7 Å². The Labute approximate surface area is 101 Å². The third-order valence-corrected chi connectivity index (χ3v) is 2.36. The number of hydrogen-bond acceptors (Lipinski definition) is 5. The highest BCUT2D eigenvalue weighted by molar-refractivity contribution is 5.37. The molecule has 0 aliphatic carbocycles. The van der Waals surface area contributed by atoms with Crippen LogP contribution in [0.15, 0.2) is 12.1 Å². The van der Waals surface area contributed by atoms with E-state index in [1.807, 2.05) is 0 Å². The lowest BCUT2D eigenvalue weighted by atomic mass is 10.00. The minimum Gasteiger partial charge on any atom is -0.390 e. The lowest BCUT2D eigenvalue weighted by Crippen LogP contribution is -2.25. The highest BCUT2D eigenvalue weighted by atomic mass is 19.4. The summed E-state index contributed by atoms with van der Waals surface area (Å²) < 4.78 is 38.1. The van der Waals surface area contributed by atoms with Crippen molar-refractivity contribution in [2.45, 2.75) is 24.8 Å². The van der Waals surface area contributed by atoms with Crippen molar-refractivity contribution in [3.8, 4) is 0 Å². The zero-order valence-corrected chi connectivity index (χ0v) is 9.35. The molecule has 1 aromatic heterocycles. The number of aromatic nitrogens is 1. The molecular formula is C10H14F3N3O2. The summed E-state index contributed by atoms with van der Waals surface area (Å²) in [5, 5.41) is 19.1. The van der Waals surface area contributed by atoms with Gasteiger partial charge in [0.2, 0.25) is 0 Å². The van der Waals surface area contributed by atoms with Crippen molar-refractivity contribution in [1.82, 2.24) is 4.98 Å². The molecule has 8 heteroatoms. The van der Waals surface area contributed by atoms with E-state index in [0.29, 0.717) is 0 Å². The van der Waals surface area contributed by atoms with Gasteiger partial charge in [-0.05, 0) is 19.0 Å². The Hall–Kier alpha value is -1.38. The number of alkyl halides is 3. The summed E-state index contributed by atoms with van der Waals surface area (Å²) in [6, 6.07) is 2.12.